The average molecular weight is 220 g/mol. The highest BCUT2D eigenvalue weighted by Crippen LogP contribution is 2.28. The zero-order chi connectivity index (χ0) is 11.5. The summed E-state index contributed by atoms with van der Waals surface area (Å²) in [5.41, 5.74) is 2.29. The largest absolute Gasteiger partial charge is 0.375 e. The van der Waals surface area contributed by atoms with Gasteiger partial charge >= 0.3 is 0 Å². The van der Waals surface area contributed by atoms with Crippen LogP contribution in [-0.4, -0.2) is 23.0 Å². The van der Waals surface area contributed by atoms with E-state index in [1.54, 1.807) is 6.20 Å². The summed E-state index contributed by atoms with van der Waals surface area (Å²) in [5, 5.41) is 0. The van der Waals surface area contributed by atoms with Gasteiger partial charge in [0.05, 0.1) is 0 Å². The zero-order valence-electron chi connectivity index (χ0n) is 9.62. The van der Waals surface area contributed by atoms with Gasteiger partial charge in [0.25, 0.3) is 0 Å². The average Bonchev–Trinajstić information content (AvgIpc) is 2.30. The minimum Gasteiger partial charge on any atom is -0.375 e. The van der Waals surface area contributed by atoms with Gasteiger partial charge in [-0.15, -0.1) is 0 Å². The zero-order valence-corrected chi connectivity index (χ0v) is 9.62. The number of hydrogen-bond donors (Lipinski definition) is 0. The lowest BCUT2D eigenvalue weighted by molar-refractivity contribution is 0.264. The van der Waals surface area contributed by atoms with E-state index >= 15 is 0 Å². The third-order valence-corrected chi connectivity index (χ3v) is 3.26. The van der Waals surface area contributed by atoms with Crippen LogP contribution in [0, 0.1) is 5.95 Å². The molecule has 0 radical (unpaired) electrons. The van der Waals surface area contributed by atoms with Crippen molar-refractivity contribution in [3.05, 3.63) is 42.1 Å². The molecule has 1 aliphatic heterocycles. The van der Waals surface area contributed by atoms with Crippen molar-refractivity contribution >= 4 is 0 Å². The van der Waals surface area contributed by atoms with Crippen molar-refractivity contribution in [3.8, 4) is 0 Å². The molecule has 1 aliphatic rings. The molecule has 0 bridgehead atoms. The second-order valence-corrected chi connectivity index (χ2v) is 4.41. The minimum absolute atomic E-state index is 0.400. The van der Waals surface area contributed by atoms with E-state index in [1.807, 2.05) is 13.0 Å². The molecule has 16 heavy (non-hydrogen) atoms. The smallest absolute Gasteiger partial charge is 0.212 e. The maximum atomic E-state index is 12.7. The van der Waals surface area contributed by atoms with Crippen molar-refractivity contribution in [2.75, 3.05) is 13.1 Å². The molecule has 2 heterocycles. The summed E-state index contributed by atoms with van der Waals surface area (Å²) < 4.78 is 12.7. The van der Waals surface area contributed by atoms with Crippen molar-refractivity contribution in [2.24, 2.45) is 0 Å². The van der Waals surface area contributed by atoms with Crippen LogP contribution in [0.5, 0.6) is 0 Å². The maximum absolute atomic E-state index is 12.7. The fourth-order valence-corrected chi connectivity index (χ4v) is 2.22. The van der Waals surface area contributed by atoms with E-state index in [0.29, 0.717) is 5.92 Å². The monoisotopic (exact) mass is 220 g/mol. The van der Waals surface area contributed by atoms with Crippen LogP contribution in [0.1, 0.15) is 31.2 Å². The number of nitrogens with zero attached hydrogens (tertiary/aromatic N) is 2. The van der Waals surface area contributed by atoms with E-state index < -0.39 is 5.95 Å². The van der Waals surface area contributed by atoms with Gasteiger partial charge in [-0.1, -0.05) is 12.6 Å². The van der Waals surface area contributed by atoms with E-state index in [4.69, 9.17) is 0 Å². The number of aromatic nitrogens is 1. The van der Waals surface area contributed by atoms with Crippen LogP contribution in [0.3, 0.4) is 0 Å². The molecule has 1 aromatic heterocycles. The highest BCUT2D eigenvalue weighted by atomic mass is 19.1. The Morgan fingerprint density at radius 3 is 2.62 bits per heavy atom. The van der Waals surface area contributed by atoms with Crippen LogP contribution in [-0.2, 0) is 0 Å². The molecule has 0 aliphatic carbocycles. The Kier molecular flexibility index (Phi) is 3.22. The highest BCUT2D eigenvalue weighted by molar-refractivity contribution is 5.16. The normalized spacial score (nSPS) is 17.5. The summed E-state index contributed by atoms with van der Waals surface area (Å²) in [6.07, 6.45) is 3.86. The summed E-state index contributed by atoms with van der Waals surface area (Å²) in [4.78, 5) is 6.01. The van der Waals surface area contributed by atoms with Gasteiger partial charge in [0.1, 0.15) is 0 Å². The Bertz CT molecular complexity index is 364. The predicted octanol–water partition coefficient (Wildman–Crippen LogP) is 2.93. The molecule has 0 saturated carbocycles. The van der Waals surface area contributed by atoms with Crippen LogP contribution in [0.15, 0.2) is 30.6 Å². The van der Waals surface area contributed by atoms with Gasteiger partial charge in [-0.3, -0.25) is 0 Å². The topological polar surface area (TPSA) is 16.1 Å². The van der Waals surface area contributed by atoms with E-state index in [2.05, 4.69) is 16.5 Å². The van der Waals surface area contributed by atoms with Crippen LogP contribution >= 0.6 is 0 Å². The summed E-state index contributed by atoms with van der Waals surface area (Å²) >= 11 is 0. The van der Waals surface area contributed by atoms with Gasteiger partial charge in [-0.05, 0) is 37.3 Å². The standard InChI is InChI=1S/C13H17FN2/c1-10(2)16-7-5-11(6-8-16)12-3-4-13(14)15-9-12/h3-4,9,11H,1,5-8H2,2H3. The summed E-state index contributed by atoms with van der Waals surface area (Å²) in [5.74, 6) is 0.117. The van der Waals surface area contributed by atoms with Crippen molar-refractivity contribution in [2.45, 2.75) is 25.7 Å². The molecule has 1 saturated heterocycles. The van der Waals surface area contributed by atoms with Gasteiger partial charge in [0.2, 0.25) is 5.95 Å². The first kappa shape index (κ1) is 11.1. The first-order chi connectivity index (χ1) is 7.66. The Morgan fingerprint density at radius 1 is 1.44 bits per heavy atom. The third kappa shape index (κ3) is 2.40. The SMILES string of the molecule is C=C(C)N1CCC(c2ccc(F)nc2)CC1. The van der Waals surface area contributed by atoms with Crippen LogP contribution in [0.4, 0.5) is 4.39 Å². The molecule has 0 amide bonds. The molecule has 2 nitrogen and oxygen atoms in total. The third-order valence-electron chi connectivity index (χ3n) is 3.26. The van der Waals surface area contributed by atoms with E-state index in [-0.39, 0.29) is 0 Å². The number of allylic oxidation sites excluding steroid dienone is 1. The minimum atomic E-state index is -0.400. The molecule has 3 heteroatoms. The Balaban J connectivity index is 1.99. The maximum Gasteiger partial charge on any atom is 0.212 e. The first-order valence-corrected chi connectivity index (χ1v) is 5.68. The van der Waals surface area contributed by atoms with Crippen molar-refractivity contribution in [1.29, 1.82) is 0 Å². The molecule has 86 valence electrons. The van der Waals surface area contributed by atoms with Crippen LogP contribution < -0.4 is 0 Å². The number of piperidine rings is 1. The van der Waals surface area contributed by atoms with Crippen molar-refractivity contribution in [1.82, 2.24) is 9.88 Å². The molecule has 2 rings (SSSR count). The van der Waals surface area contributed by atoms with Crippen molar-refractivity contribution < 1.29 is 4.39 Å². The summed E-state index contributed by atoms with van der Waals surface area (Å²) in [6.45, 7) is 8.07. The van der Waals surface area contributed by atoms with Gasteiger partial charge in [-0.25, -0.2) is 4.98 Å². The fourth-order valence-electron chi connectivity index (χ4n) is 2.22. The lowest BCUT2D eigenvalue weighted by Gasteiger charge is -2.33. The molecule has 0 spiro atoms. The van der Waals surface area contributed by atoms with Crippen LogP contribution in [0.2, 0.25) is 0 Å². The molecule has 0 N–H and O–H groups in total. The Morgan fingerprint density at radius 2 is 2.12 bits per heavy atom. The highest BCUT2D eigenvalue weighted by Gasteiger charge is 2.20. The van der Waals surface area contributed by atoms with Gasteiger partial charge < -0.3 is 4.90 Å². The number of rotatable bonds is 2. The molecule has 1 fully saturated rings. The number of halogens is 1. The molecule has 1 aromatic rings. The van der Waals surface area contributed by atoms with E-state index in [0.717, 1.165) is 37.2 Å². The lowest BCUT2D eigenvalue weighted by atomic mass is 9.90. The summed E-state index contributed by atoms with van der Waals surface area (Å²) in [7, 11) is 0. The summed E-state index contributed by atoms with van der Waals surface area (Å²) in [6, 6.07) is 3.30. The molecule has 0 atom stereocenters. The first-order valence-electron chi connectivity index (χ1n) is 5.68. The molecular weight excluding hydrogens is 203 g/mol. The van der Waals surface area contributed by atoms with Gasteiger partial charge in [-0.2, -0.15) is 4.39 Å². The number of hydrogen-bond acceptors (Lipinski definition) is 2. The predicted molar refractivity (Wildman–Crippen MR) is 62.6 cm³/mol. The molecular formula is C13H17FN2. The second-order valence-electron chi connectivity index (χ2n) is 4.41. The number of likely N-dealkylation sites (tertiary alicyclic amines) is 1. The van der Waals surface area contributed by atoms with E-state index in [9.17, 15) is 4.39 Å². The lowest BCUT2D eigenvalue weighted by Crippen LogP contribution is -2.31. The fraction of sp³-hybridized carbons (Fsp3) is 0.462. The second kappa shape index (κ2) is 4.64. The van der Waals surface area contributed by atoms with Gasteiger partial charge in [0, 0.05) is 25.0 Å². The van der Waals surface area contributed by atoms with Crippen molar-refractivity contribution in [3.63, 3.8) is 0 Å². The molecule has 0 unspecified atom stereocenters. The Labute approximate surface area is 95.8 Å². The molecule has 0 aromatic carbocycles. The quantitative estimate of drug-likeness (QED) is 0.712. The number of pyridine rings is 1. The van der Waals surface area contributed by atoms with E-state index in [1.165, 1.54) is 6.07 Å². The van der Waals surface area contributed by atoms with Crippen LogP contribution in [0.25, 0.3) is 0 Å². The Hall–Kier alpha value is -1.38. The van der Waals surface area contributed by atoms with Gasteiger partial charge in [0.15, 0.2) is 0 Å².